The molecule has 0 unspecified atom stereocenters. The summed E-state index contributed by atoms with van der Waals surface area (Å²) in [6, 6.07) is 10.2. The second-order valence-electron chi connectivity index (χ2n) is 14.1. The van der Waals surface area contributed by atoms with Crippen molar-refractivity contribution in [2.24, 2.45) is 5.92 Å². The summed E-state index contributed by atoms with van der Waals surface area (Å²) in [5.41, 5.74) is -1.21. The van der Waals surface area contributed by atoms with E-state index in [2.05, 4.69) is 21.9 Å². The van der Waals surface area contributed by atoms with Crippen molar-refractivity contribution < 1.29 is 31.5 Å². The summed E-state index contributed by atoms with van der Waals surface area (Å²) in [7, 11) is -3.78. The third kappa shape index (κ3) is 7.25. The first-order chi connectivity index (χ1) is 21.0. The van der Waals surface area contributed by atoms with Gasteiger partial charge < -0.3 is 10.1 Å². The molecule has 1 heterocycles. The molecule has 3 fully saturated rings. The molecule has 0 bridgehead atoms. The van der Waals surface area contributed by atoms with Gasteiger partial charge in [-0.15, -0.1) is 0 Å². The highest BCUT2D eigenvalue weighted by atomic mass is 32.2. The van der Waals surface area contributed by atoms with Crippen LogP contribution in [0.3, 0.4) is 0 Å². The van der Waals surface area contributed by atoms with Crippen LogP contribution in [-0.2, 0) is 25.0 Å². The molecule has 2 N–H and O–H groups in total. The van der Waals surface area contributed by atoms with E-state index in [0.717, 1.165) is 25.5 Å². The van der Waals surface area contributed by atoms with E-state index in [1.54, 1.807) is 38.1 Å². The van der Waals surface area contributed by atoms with Gasteiger partial charge in [0.1, 0.15) is 11.6 Å². The second kappa shape index (κ2) is 12.1. The number of rotatable bonds is 8. The van der Waals surface area contributed by atoms with Gasteiger partial charge >= 0.3 is 0 Å². The van der Waals surface area contributed by atoms with Crippen LogP contribution >= 0.6 is 0 Å². The molecule has 2 aliphatic carbocycles. The molecular weight excluding hydrogens is 598 g/mol. The molecule has 2 saturated carbocycles. The molecule has 3 aliphatic rings. The van der Waals surface area contributed by atoms with Crippen LogP contribution in [0.5, 0.6) is 5.75 Å². The van der Waals surface area contributed by atoms with Gasteiger partial charge in [0, 0.05) is 30.0 Å². The number of ether oxygens (including phenoxy) is 1. The van der Waals surface area contributed by atoms with Gasteiger partial charge in [0.05, 0.1) is 17.8 Å². The number of benzene rings is 2. The predicted octanol–water partition coefficient (Wildman–Crippen LogP) is 5.71. The van der Waals surface area contributed by atoms with E-state index in [1.165, 1.54) is 6.07 Å². The van der Waals surface area contributed by atoms with Crippen LogP contribution in [0.25, 0.3) is 11.1 Å². The van der Waals surface area contributed by atoms with Crippen LogP contribution in [0.1, 0.15) is 89.7 Å². The normalized spacial score (nSPS) is 24.8. The van der Waals surface area contributed by atoms with E-state index in [-0.39, 0.29) is 36.7 Å². The molecule has 3 atom stereocenters. The summed E-state index contributed by atoms with van der Waals surface area (Å²) in [5, 5.41) is 3.04. The molecule has 45 heavy (non-hydrogen) atoms. The van der Waals surface area contributed by atoms with Crippen molar-refractivity contribution >= 4 is 21.7 Å². The molecule has 2 aromatic rings. The van der Waals surface area contributed by atoms with Crippen LogP contribution in [0.2, 0.25) is 0 Å². The molecular formula is C35H42F2N2O5S. The van der Waals surface area contributed by atoms with Crippen LogP contribution in [-0.4, -0.2) is 50.2 Å². The zero-order valence-electron chi connectivity index (χ0n) is 26.6. The third-order valence-electron chi connectivity index (χ3n) is 9.45. The highest BCUT2D eigenvalue weighted by Gasteiger charge is 2.48. The van der Waals surface area contributed by atoms with Crippen LogP contribution < -0.4 is 14.8 Å². The Kier molecular flexibility index (Phi) is 8.93. The number of Topliss-reactive ketones (excluding diaryl/α,β-unsaturated/α-hetero) is 1. The number of hydrogen-bond donors (Lipinski definition) is 2. The number of ketones is 1. The average Bonchev–Trinajstić information content (AvgIpc) is 3.49. The third-order valence-corrected chi connectivity index (χ3v) is 10.0. The van der Waals surface area contributed by atoms with Gasteiger partial charge in [-0.25, -0.2) is 17.2 Å². The standard InChI is InChI=1S/C35H42F2N2O5S/c1-33(2)20-35(37,21-38-33)30(40)17-13-22-12-15-25(18-22)44-29-16-14-24(34(3,4)32(41)39-45(5,42)43)19-27(29)26-10-7-11-28(36)31(26)23-8-6-9-23/h7,10-11,14,16,19,22-23,25,38H,6,8-9,12,15,18,20-21H2,1-5H3,(H,39,41)/t22-,25+,35+/m0/s1. The van der Waals surface area contributed by atoms with E-state index in [9.17, 15) is 18.0 Å². The van der Waals surface area contributed by atoms with Crippen molar-refractivity contribution in [3.05, 3.63) is 53.3 Å². The summed E-state index contributed by atoms with van der Waals surface area (Å²) >= 11 is 0. The number of sulfonamides is 1. The van der Waals surface area contributed by atoms with E-state index in [4.69, 9.17) is 4.74 Å². The lowest BCUT2D eigenvalue weighted by Crippen LogP contribution is -2.42. The smallest absolute Gasteiger partial charge is 0.244 e. The minimum absolute atomic E-state index is 0.0433. The number of carbonyl (C=O) groups is 2. The van der Waals surface area contributed by atoms with Crippen molar-refractivity contribution in [1.82, 2.24) is 10.0 Å². The van der Waals surface area contributed by atoms with Crippen LogP contribution in [0.4, 0.5) is 8.78 Å². The monoisotopic (exact) mass is 640 g/mol. The van der Waals surface area contributed by atoms with E-state index in [1.807, 2.05) is 19.9 Å². The largest absolute Gasteiger partial charge is 0.490 e. The minimum Gasteiger partial charge on any atom is -0.490 e. The fourth-order valence-electron chi connectivity index (χ4n) is 6.55. The first-order valence-electron chi connectivity index (χ1n) is 15.6. The minimum atomic E-state index is -3.78. The summed E-state index contributed by atoms with van der Waals surface area (Å²) in [4.78, 5) is 25.7. The Balaban J connectivity index is 1.42. The quantitative estimate of drug-likeness (QED) is 0.283. The summed E-state index contributed by atoms with van der Waals surface area (Å²) in [6.45, 7) is 6.95. The van der Waals surface area contributed by atoms with Gasteiger partial charge in [0.15, 0.2) is 5.67 Å². The maximum Gasteiger partial charge on any atom is 0.244 e. The lowest BCUT2D eigenvalue weighted by atomic mass is 9.76. The van der Waals surface area contributed by atoms with Gasteiger partial charge in [-0.3, -0.25) is 14.3 Å². The molecule has 0 radical (unpaired) electrons. The molecule has 1 aliphatic heterocycles. The van der Waals surface area contributed by atoms with Crippen molar-refractivity contribution in [3.63, 3.8) is 0 Å². The Morgan fingerprint density at radius 3 is 2.44 bits per heavy atom. The molecule has 242 valence electrons. The van der Waals surface area contributed by atoms with Crippen molar-refractivity contribution in [2.45, 2.75) is 101 Å². The van der Waals surface area contributed by atoms with E-state index >= 15 is 8.78 Å². The van der Waals surface area contributed by atoms with Crippen molar-refractivity contribution in [3.8, 4) is 28.7 Å². The predicted molar refractivity (Wildman–Crippen MR) is 170 cm³/mol. The Bertz CT molecular complexity index is 1670. The number of hydrogen-bond acceptors (Lipinski definition) is 6. The zero-order valence-corrected chi connectivity index (χ0v) is 27.4. The Morgan fingerprint density at radius 2 is 1.82 bits per heavy atom. The highest BCUT2D eigenvalue weighted by molar-refractivity contribution is 7.89. The van der Waals surface area contributed by atoms with Gasteiger partial charge in [0.2, 0.25) is 21.7 Å². The number of alkyl halides is 1. The molecule has 10 heteroatoms. The summed E-state index contributed by atoms with van der Waals surface area (Å²) in [6.07, 6.45) is 5.45. The summed E-state index contributed by atoms with van der Waals surface area (Å²) < 4.78 is 62.8. The van der Waals surface area contributed by atoms with Crippen molar-refractivity contribution in [1.29, 1.82) is 0 Å². The maximum atomic E-state index is 15.3. The molecule has 1 amide bonds. The zero-order chi connectivity index (χ0) is 32.8. The Hall–Kier alpha value is -3.29. The number of nitrogens with one attached hydrogen (secondary N) is 2. The molecule has 2 aromatic carbocycles. The van der Waals surface area contributed by atoms with Gasteiger partial charge in [0.25, 0.3) is 0 Å². The summed E-state index contributed by atoms with van der Waals surface area (Å²) in [5.74, 6) is 4.35. The van der Waals surface area contributed by atoms with E-state index < -0.39 is 38.3 Å². The first-order valence-corrected chi connectivity index (χ1v) is 17.5. The Labute approximate surface area is 264 Å². The fraction of sp³-hybridized carbons (Fsp3) is 0.543. The Morgan fingerprint density at radius 1 is 1.09 bits per heavy atom. The SMILES string of the molecule is CC1(C)C[C@](F)(C(=O)C#C[C@@H]2CC[C@@H](Oc3ccc(C(C)(C)C(=O)NS(C)(=O)=O)cc3-c3cccc(F)c3C3CCC3)C2)CN1. The lowest BCUT2D eigenvalue weighted by molar-refractivity contribution is -0.124. The van der Waals surface area contributed by atoms with Gasteiger partial charge in [-0.1, -0.05) is 30.5 Å². The highest BCUT2D eigenvalue weighted by Crippen LogP contribution is 2.46. The maximum absolute atomic E-state index is 15.3. The molecule has 0 aromatic heterocycles. The van der Waals surface area contributed by atoms with Gasteiger partial charge in [-0.2, -0.15) is 0 Å². The second-order valence-corrected chi connectivity index (χ2v) is 15.8. The molecule has 7 nitrogen and oxygen atoms in total. The van der Waals surface area contributed by atoms with Crippen LogP contribution in [0.15, 0.2) is 36.4 Å². The number of halogens is 2. The lowest BCUT2D eigenvalue weighted by Gasteiger charge is -2.30. The van der Waals surface area contributed by atoms with Crippen LogP contribution in [0, 0.1) is 23.6 Å². The fourth-order valence-corrected chi connectivity index (χ4v) is 7.14. The average molecular weight is 641 g/mol. The van der Waals surface area contributed by atoms with E-state index in [0.29, 0.717) is 47.3 Å². The number of amides is 1. The first kappa shape index (κ1) is 33.1. The van der Waals surface area contributed by atoms with Crippen molar-refractivity contribution in [2.75, 3.05) is 12.8 Å². The van der Waals surface area contributed by atoms with Gasteiger partial charge in [-0.05, 0) is 107 Å². The number of carbonyl (C=O) groups excluding carboxylic acids is 2. The molecule has 1 saturated heterocycles. The molecule has 0 spiro atoms. The molecule has 5 rings (SSSR count). The topological polar surface area (TPSA) is 102 Å².